The van der Waals surface area contributed by atoms with E-state index in [0.717, 1.165) is 11.3 Å². The first-order valence-electron chi connectivity index (χ1n) is 7.61. The van der Waals surface area contributed by atoms with Crippen LogP contribution in [0.15, 0.2) is 53.7 Å². The molecule has 3 rings (SSSR count). The molecule has 1 atom stereocenters. The number of hydrogen-bond acceptors (Lipinski definition) is 5. The Morgan fingerprint density at radius 2 is 1.84 bits per heavy atom. The zero-order chi connectivity index (χ0) is 17.8. The van der Waals surface area contributed by atoms with E-state index in [1.807, 2.05) is 31.2 Å². The minimum Gasteiger partial charge on any atom is -0.325 e. The Balaban J connectivity index is 1.70. The number of thioether (sulfide) groups is 1. The maximum absolute atomic E-state index is 12.9. The van der Waals surface area contributed by atoms with Crippen LogP contribution in [-0.4, -0.2) is 31.4 Å². The van der Waals surface area contributed by atoms with E-state index in [-0.39, 0.29) is 11.7 Å². The molecule has 6 nitrogen and oxygen atoms in total. The molecule has 1 amide bonds. The van der Waals surface area contributed by atoms with E-state index in [2.05, 4.69) is 20.8 Å². The van der Waals surface area contributed by atoms with E-state index in [1.165, 1.54) is 36.0 Å². The van der Waals surface area contributed by atoms with E-state index < -0.39 is 5.25 Å². The van der Waals surface area contributed by atoms with Gasteiger partial charge in [-0.05, 0) is 60.7 Å². The number of hydrogen-bond donors (Lipinski definition) is 1. The van der Waals surface area contributed by atoms with Crippen molar-refractivity contribution >= 4 is 23.4 Å². The van der Waals surface area contributed by atoms with Crippen molar-refractivity contribution in [1.82, 2.24) is 20.2 Å². The lowest BCUT2D eigenvalue weighted by Gasteiger charge is -2.11. The third-order valence-corrected chi connectivity index (χ3v) is 4.52. The van der Waals surface area contributed by atoms with Crippen LogP contribution < -0.4 is 5.32 Å². The highest BCUT2D eigenvalue weighted by atomic mass is 32.2. The molecule has 2 aromatic carbocycles. The molecule has 0 radical (unpaired) electrons. The first-order valence-corrected chi connectivity index (χ1v) is 8.49. The molecule has 1 aromatic heterocycles. The predicted molar refractivity (Wildman–Crippen MR) is 94.2 cm³/mol. The lowest BCUT2D eigenvalue weighted by molar-refractivity contribution is -0.115. The summed E-state index contributed by atoms with van der Waals surface area (Å²) in [5.41, 5.74) is 2.50. The Labute approximate surface area is 148 Å². The number of halogens is 1. The largest absolute Gasteiger partial charge is 0.325 e. The standard InChI is InChI=1S/C17H16FN5OS/c1-11-3-9-15(10-4-11)23-17(20-21-22-23)25-12(2)16(24)19-14-7-5-13(18)6-8-14/h3-10,12H,1-2H3,(H,19,24)/t12-/m1/s1. The zero-order valence-corrected chi connectivity index (χ0v) is 14.5. The molecule has 1 heterocycles. The van der Waals surface area contributed by atoms with Crippen LogP contribution in [0.4, 0.5) is 10.1 Å². The van der Waals surface area contributed by atoms with Crippen LogP contribution in [0.3, 0.4) is 0 Å². The minimum atomic E-state index is -0.430. The van der Waals surface area contributed by atoms with Gasteiger partial charge >= 0.3 is 0 Å². The molecule has 3 aromatic rings. The molecular formula is C17H16FN5OS. The average molecular weight is 357 g/mol. The highest BCUT2D eigenvalue weighted by molar-refractivity contribution is 8.00. The number of tetrazole rings is 1. The number of aromatic nitrogens is 4. The molecule has 0 saturated carbocycles. The molecule has 0 spiro atoms. The number of nitrogens with zero attached hydrogens (tertiary/aromatic N) is 4. The third-order valence-electron chi connectivity index (χ3n) is 3.48. The maximum Gasteiger partial charge on any atom is 0.237 e. The summed E-state index contributed by atoms with van der Waals surface area (Å²) in [7, 11) is 0. The number of amides is 1. The van der Waals surface area contributed by atoms with E-state index in [0.29, 0.717) is 10.8 Å². The van der Waals surface area contributed by atoms with E-state index >= 15 is 0 Å². The summed E-state index contributed by atoms with van der Waals surface area (Å²) in [5, 5.41) is 14.5. The second-order valence-electron chi connectivity index (χ2n) is 5.47. The van der Waals surface area contributed by atoms with Crippen molar-refractivity contribution in [2.24, 2.45) is 0 Å². The Morgan fingerprint density at radius 3 is 2.52 bits per heavy atom. The summed E-state index contributed by atoms with van der Waals surface area (Å²) in [6.45, 7) is 3.76. The number of anilines is 1. The van der Waals surface area contributed by atoms with Crippen molar-refractivity contribution in [3.8, 4) is 5.69 Å². The van der Waals surface area contributed by atoms with Gasteiger partial charge in [-0.25, -0.2) is 4.39 Å². The predicted octanol–water partition coefficient (Wildman–Crippen LogP) is 3.23. The molecule has 1 N–H and O–H groups in total. The Morgan fingerprint density at radius 1 is 1.16 bits per heavy atom. The quantitative estimate of drug-likeness (QED) is 0.710. The van der Waals surface area contributed by atoms with Gasteiger partial charge in [0.05, 0.1) is 10.9 Å². The van der Waals surface area contributed by atoms with E-state index in [1.54, 1.807) is 11.6 Å². The highest BCUT2D eigenvalue weighted by Crippen LogP contribution is 2.24. The van der Waals surface area contributed by atoms with Crippen molar-refractivity contribution in [2.75, 3.05) is 5.32 Å². The molecule has 0 fully saturated rings. The second-order valence-corrected chi connectivity index (χ2v) is 6.77. The van der Waals surface area contributed by atoms with Gasteiger partial charge in [-0.1, -0.05) is 29.5 Å². The molecule has 0 aliphatic rings. The molecular weight excluding hydrogens is 341 g/mol. The Bertz CT molecular complexity index is 864. The smallest absolute Gasteiger partial charge is 0.237 e. The first kappa shape index (κ1) is 17.1. The SMILES string of the molecule is Cc1ccc(-n2nnnc2S[C@H](C)C(=O)Nc2ccc(F)cc2)cc1. The van der Waals surface area contributed by atoms with Crippen molar-refractivity contribution in [2.45, 2.75) is 24.3 Å². The van der Waals surface area contributed by atoms with Gasteiger partial charge in [0.25, 0.3) is 0 Å². The zero-order valence-electron chi connectivity index (χ0n) is 13.7. The van der Waals surface area contributed by atoms with Crippen LogP contribution in [0.5, 0.6) is 0 Å². The number of carbonyl (C=O) groups excluding carboxylic acids is 1. The summed E-state index contributed by atoms with van der Waals surface area (Å²) in [5.74, 6) is -0.562. The van der Waals surface area contributed by atoms with Crippen molar-refractivity contribution < 1.29 is 9.18 Å². The summed E-state index contributed by atoms with van der Waals surface area (Å²) in [6.07, 6.45) is 0. The summed E-state index contributed by atoms with van der Waals surface area (Å²) >= 11 is 1.25. The van der Waals surface area contributed by atoms with Gasteiger partial charge in [0.15, 0.2) is 0 Å². The summed E-state index contributed by atoms with van der Waals surface area (Å²) < 4.78 is 14.5. The van der Waals surface area contributed by atoms with Gasteiger partial charge in [-0.15, -0.1) is 5.10 Å². The Kier molecular flexibility index (Phi) is 5.08. The number of benzene rings is 2. The molecule has 25 heavy (non-hydrogen) atoms. The minimum absolute atomic E-state index is 0.213. The number of nitrogens with one attached hydrogen (secondary N) is 1. The van der Waals surface area contributed by atoms with Crippen LogP contribution in [-0.2, 0) is 4.79 Å². The molecule has 0 aliphatic heterocycles. The van der Waals surface area contributed by atoms with Crippen LogP contribution in [0, 0.1) is 12.7 Å². The molecule has 128 valence electrons. The molecule has 0 unspecified atom stereocenters. The van der Waals surface area contributed by atoms with Crippen LogP contribution >= 0.6 is 11.8 Å². The lowest BCUT2D eigenvalue weighted by Crippen LogP contribution is -2.22. The molecule has 8 heteroatoms. The van der Waals surface area contributed by atoms with Crippen molar-refractivity contribution in [1.29, 1.82) is 0 Å². The molecule has 0 saturated heterocycles. The molecule has 0 aliphatic carbocycles. The number of rotatable bonds is 5. The van der Waals surface area contributed by atoms with Gasteiger partial charge in [0, 0.05) is 5.69 Å². The highest BCUT2D eigenvalue weighted by Gasteiger charge is 2.19. The van der Waals surface area contributed by atoms with Gasteiger partial charge in [0.2, 0.25) is 11.1 Å². The maximum atomic E-state index is 12.9. The third kappa shape index (κ3) is 4.21. The topological polar surface area (TPSA) is 72.7 Å². The number of carbonyl (C=O) groups is 1. The summed E-state index contributed by atoms with van der Waals surface area (Å²) in [4.78, 5) is 12.3. The second kappa shape index (κ2) is 7.43. The monoisotopic (exact) mass is 357 g/mol. The Hall–Kier alpha value is -2.74. The van der Waals surface area contributed by atoms with Gasteiger partial charge in [-0.2, -0.15) is 4.68 Å². The average Bonchev–Trinajstić information content (AvgIpc) is 3.05. The lowest BCUT2D eigenvalue weighted by atomic mass is 10.2. The fraction of sp³-hybridized carbons (Fsp3) is 0.176. The number of aryl methyl sites for hydroxylation is 1. The van der Waals surface area contributed by atoms with Crippen molar-refractivity contribution in [3.63, 3.8) is 0 Å². The van der Waals surface area contributed by atoms with Crippen molar-refractivity contribution in [3.05, 3.63) is 59.9 Å². The van der Waals surface area contributed by atoms with Gasteiger partial charge in [-0.3, -0.25) is 4.79 Å². The fourth-order valence-electron chi connectivity index (χ4n) is 2.09. The molecule has 0 bridgehead atoms. The normalized spacial score (nSPS) is 12.0. The van der Waals surface area contributed by atoms with E-state index in [9.17, 15) is 9.18 Å². The van der Waals surface area contributed by atoms with Gasteiger partial charge in [0.1, 0.15) is 5.82 Å². The van der Waals surface area contributed by atoms with Crippen LogP contribution in [0.2, 0.25) is 0 Å². The van der Waals surface area contributed by atoms with Crippen LogP contribution in [0.1, 0.15) is 12.5 Å². The van der Waals surface area contributed by atoms with Crippen LogP contribution in [0.25, 0.3) is 5.69 Å². The fourth-order valence-corrected chi connectivity index (χ4v) is 2.90. The van der Waals surface area contributed by atoms with E-state index in [4.69, 9.17) is 0 Å². The summed E-state index contributed by atoms with van der Waals surface area (Å²) in [6, 6.07) is 13.4. The first-order chi connectivity index (χ1) is 12.0. The van der Waals surface area contributed by atoms with Gasteiger partial charge < -0.3 is 5.32 Å².